The largest absolute Gasteiger partial charge is 0.469 e. The average molecular weight is 333 g/mol. The van der Waals surface area contributed by atoms with Crippen LogP contribution in [-0.4, -0.2) is 42.5 Å². The third-order valence-electron chi connectivity index (χ3n) is 3.90. The highest BCUT2D eigenvalue weighted by Crippen LogP contribution is 2.12. The standard InChI is InChI=1S/C17H27N5O2/c1-13-16(14(2)22(3)21-13)12-20-17(19-9-11-23-4)18-8-7-15-6-5-10-24-15/h5-6,10H,7-9,11-12H2,1-4H3,(H2,18,19,20). The van der Waals surface area contributed by atoms with Crippen LogP contribution >= 0.6 is 0 Å². The summed E-state index contributed by atoms with van der Waals surface area (Å²) in [6.45, 7) is 6.75. The van der Waals surface area contributed by atoms with Crippen molar-refractivity contribution in [3.8, 4) is 0 Å². The van der Waals surface area contributed by atoms with Gasteiger partial charge in [-0.05, 0) is 26.0 Å². The molecule has 7 nitrogen and oxygen atoms in total. The number of guanidine groups is 1. The van der Waals surface area contributed by atoms with Crippen molar-refractivity contribution in [3.05, 3.63) is 41.1 Å². The molecule has 0 unspecified atom stereocenters. The second kappa shape index (κ2) is 9.12. The first-order valence-electron chi connectivity index (χ1n) is 8.14. The third kappa shape index (κ3) is 5.13. The Bertz CT molecular complexity index is 646. The minimum atomic E-state index is 0.592. The van der Waals surface area contributed by atoms with Gasteiger partial charge in [0.05, 0.1) is 25.1 Å². The van der Waals surface area contributed by atoms with Gasteiger partial charge in [-0.15, -0.1) is 0 Å². The molecule has 0 aliphatic rings. The Morgan fingerprint density at radius 1 is 1.33 bits per heavy atom. The van der Waals surface area contributed by atoms with Crippen molar-refractivity contribution in [1.29, 1.82) is 0 Å². The van der Waals surface area contributed by atoms with E-state index in [1.54, 1.807) is 13.4 Å². The SMILES string of the molecule is COCCNC(=NCc1c(C)nn(C)c1C)NCCc1ccco1. The highest BCUT2D eigenvalue weighted by atomic mass is 16.5. The van der Waals surface area contributed by atoms with Crippen LogP contribution < -0.4 is 10.6 Å². The number of furan rings is 1. The van der Waals surface area contributed by atoms with Crippen LogP contribution in [0.25, 0.3) is 0 Å². The molecule has 2 aromatic rings. The Kier molecular flexibility index (Phi) is 6.87. The summed E-state index contributed by atoms with van der Waals surface area (Å²) in [5.74, 6) is 1.72. The fourth-order valence-corrected chi connectivity index (χ4v) is 2.41. The Morgan fingerprint density at radius 3 is 2.75 bits per heavy atom. The van der Waals surface area contributed by atoms with Crippen LogP contribution in [-0.2, 0) is 24.8 Å². The first kappa shape index (κ1) is 18.1. The predicted molar refractivity (Wildman–Crippen MR) is 94.1 cm³/mol. The number of aromatic nitrogens is 2. The van der Waals surface area contributed by atoms with Crippen molar-refractivity contribution in [1.82, 2.24) is 20.4 Å². The predicted octanol–water partition coefficient (Wildman–Crippen LogP) is 1.55. The van der Waals surface area contributed by atoms with E-state index in [1.807, 2.05) is 30.8 Å². The summed E-state index contributed by atoms with van der Waals surface area (Å²) in [6.07, 6.45) is 2.50. The van der Waals surface area contributed by atoms with Crippen molar-refractivity contribution in [2.24, 2.45) is 12.0 Å². The fourth-order valence-electron chi connectivity index (χ4n) is 2.41. The van der Waals surface area contributed by atoms with Crippen LogP contribution in [0.3, 0.4) is 0 Å². The van der Waals surface area contributed by atoms with E-state index in [0.29, 0.717) is 19.7 Å². The van der Waals surface area contributed by atoms with Gasteiger partial charge in [0.1, 0.15) is 5.76 Å². The molecule has 0 aliphatic heterocycles. The number of aliphatic imine (C=N–C) groups is 1. The summed E-state index contributed by atoms with van der Waals surface area (Å²) < 4.78 is 12.3. The molecular weight excluding hydrogens is 306 g/mol. The minimum Gasteiger partial charge on any atom is -0.469 e. The molecule has 7 heteroatoms. The molecule has 0 atom stereocenters. The Morgan fingerprint density at radius 2 is 2.12 bits per heavy atom. The molecule has 2 N–H and O–H groups in total. The summed E-state index contributed by atoms with van der Waals surface area (Å²) in [5, 5.41) is 11.0. The zero-order valence-corrected chi connectivity index (χ0v) is 14.9. The van der Waals surface area contributed by atoms with E-state index in [-0.39, 0.29) is 0 Å². The second-order valence-electron chi connectivity index (χ2n) is 5.61. The number of methoxy groups -OCH3 is 1. The molecule has 0 spiro atoms. The quantitative estimate of drug-likeness (QED) is 0.435. The zero-order chi connectivity index (χ0) is 17.4. The normalized spacial score (nSPS) is 11.8. The van der Waals surface area contributed by atoms with Crippen molar-refractivity contribution in [2.45, 2.75) is 26.8 Å². The zero-order valence-electron chi connectivity index (χ0n) is 14.9. The summed E-state index contributed by atoms with van der Waals surface area (Å²) in [6, 6.07) is 3.87. The lowest BCUT2D eigenvalue weighted by molar-refractivity contribution is 0.203. The van der Waals surface area contributed by atoms with Gasteiger partial charge >= 0.3 is 0 Å². The van der Waals surface area contributed by atoms with E-state index in [1.165, 1.54) is 0 Å². The van der Waals surface area contributed by atoms with Gasteiger partial charge < -0.3 is 19.8 Å². The maximum Gasteiger partial charge on any atom is 0.191 e. The first-order valence-corrected chi connectivity index (χ1v) is 8.14. The van der Waals surface area contributed by atoms with Gasteiger partial charge in [-0.3, -0.25) is 4.68 Å². The molecule has 24 heavy (non-hydrogen) atoms. The van der Waals surface area contributed by atoms with Crippen LogP contribution in [0, 0.1) is 13.8 Å². The monoisotopic (exact) mass is 333 g/mol. The molecule has 0 amide bonds. The van der Waals surface area contributed by atoms with Crippen molar-refractivity contribution in [2.75, 3.05) is 26.8 Å². The Labute approximate surface area is 143 Å². The minimum absolute atomic E-state index is 0.592. The molecule has 0 aliphatic carbocycles. The number of nitrogens with one attached hydrogen (secondary N) is 2. The molecule has 2 aromatic heterocycles. The maximum atomic E-state index is 5.35. The van der Waals surface area contributed by atoms with Crippen LogP contribution in [0.15, 0.2) is 27.8 Å². The second-order valence-corrected chi connectivity index (χ2v) is 5.61. The van der Waals surface area contributed by atoms with Crippen LogP contribution in [0.4, 0.5) is 0 Å². The van der Waals surface area contributed by atoms with Gasteiger partial charge in [-0.2, -0.15) is 5.10 Å². The van der Waals surface area contributed by atoms with Gasteiger partial charge in [0, 0.05) is 44.9 Å². The third-order valence-corrected chi connectivity index (χ3v) is 3.90. The van der Waals surface area contributed by atoms with E-state index >= 15 is 0 Å². The van der Waals surface area contributed by atoms with Gasteiger partial charge in [-0.25, -0.2) is 4.99 Å². The topological polar surface area (TPSA) is 76.6 Å². The van der Waals surface area contributed by atoms with Crippen molar-refractivity contribution in [3.63, 3.8) is 0 Å². The van der Waals surface area contributed by atoms with Gasteiger partial charge in [-0.1, -0.05) is 0 Å². The van der Waals surface area contributed by atoms with E-state index < -0.39 is 0 Å². The van der Waals surface area contributed by atoms with Crippen LogP contribution in [0.1, 0.15) is 22.7 Å². The Balaban J connectivity index is 1.95. The lowest BCUT2D eigenvalue weighted by Crippen LogP contribution is -2.40. The van der Waals surface area contributed by atoms with Crippen LogP contribution in [0.2, 0.25) is 0 Å². The smallest absolute Gasteiger partial charge is 0.191 e. The average Bonchev–Trinajstić information content (AvgIpc) is 3.15. The molecule has 2 heterocycles. The summed E-state index contributed by atoms with van der Waals surface area (Å²) in [7, 11) is 3.64. The number of nitrogens with zero attached hydrogens (tertiary/aromatic N) is 3. The lowest BCUT2D eigenvalue weighted by atomic mass is 10.2. The summed E-state index contributed by atoms with van der Waals surface area (Å²) in [4.78, 5) is 4.67. The molecule has 0 saturated heterocycles. The molecule has 0 radical (unpaired) electrons. The van der Waals surface area contributed by atoms with Crippen molar-refractivity contribution < 1.29 is 9.15 Å². The summed E-state index contributed by atoms with van der Waals surface area (Å²) in [5.41, 5.74) is 3.32. The van der Waals surface area contributed by atoms with Crippen molar-refractivity contribution >= 4 is 5.96 Å². The van der Waals surface area contributed by atoms with E-state index in [0.717, 1.165) is 41.6 Å². The first-order chi connectivity index (χ1) is 11.6. The van der Waals surface area contributed by atoms with E-state index in [9.17, 15) is 0 Å². The molecule has 132 valence electrons. The number of rotatable bonds is 8. The number of hydrogen-bond acceptors (Lipinski definition) is 4. The van der Waals surface area contributed by atoms with Gasteiger partial charge in [0.15, 0.2) is 5.96 Å². The molecule has 0 bridgehead atoms. The maximum absolute atomic E-state index is 5.35. The Hall–Kier alpha value is -2.28. The van der Waals surface area contributed by atoms with E-state index in [4.69, 9.17) is 9.15 Å². The number of hydrogen-bond donors (Lipinski definition) is 2. The molecule has 2 rings (SSSR count). The lowest BCUT2D eigenvalue weighted by Gasteiger charge is -2.12. The number of ether oxygens (including phenoxy) is 1. The molecule has 0 saturated carbocycles. The molecule has 0 aromatic carbocycles. The summed E-state index contributed by atoms with van der Waals surface area (Å²) >= 11 is 0. The van der Waals surface area contributed by atoms with E-state index in [2.05, 4.69) is 27.6 Å². The molecule has 0 fully saturated rings. The van der Waals surface area contributed by atoms with Gasteiger partial charge in [0.25, 0.3) is 0 Å². The van der Waals surface area contributed by atoms with Gasteiger partial charge in [0.2, 0.25) is 0 Å². The number of aryl methyl sites for hydroxylation is 2. The molecular formula is C17H27N5O2. The van der Waals surface area contributed by atoms with Crippen LogP contribution in [0.5, 0.6) is 0 Å². The highest BCUT2D eigenvalue weighted by Gasteiger charge is 2.09. The highest BCUT2D eigenvalue weighted by molar-refractivity contribution is 5.79. The fraction of sp³-hybridized carbons (Fsp3) is 0.529.